The predicted octanol–water partition coefficient (Wildman–Crippen LogP) is 2.14. The fourth-order valence-electron chi connectivity index (χ4n) is 1.19. The van der Waals surface area contributed by atoms with Gasteiger partial charge < -0.3 is 5.32 Å². The van der Waals surface area contributed by atoms with Gasteiger partial charge >= 0.3 is 0 Å². The van der Waals surface area contributed by atoms with E-state index in [9.17, 15) is 4.39 Å². The number of aryl methyl sites for hydroxylation is 1. The van der Waals surface area contributed by atoms with Crippen LogP contribution in [-0.4, -0.2) is 16.0 Å². The van der Waals surface area contributed by atoms with Crippen molar-refractivity contribution in [3.05, 3.63) is 17.8 Å². The molecule has 0 fully saturated rings. The second-order valence-electron chi connectivity index (χ2n) is 3.28. The second kappa shape index (κ2) is 5.30. The molecule has 1 atom stereocenters. The van der Waals surface area contributed by atoms with Crippen molar-refractivity contribution in [3.8, 4) is 12.3 Å². The van der Waals surface area contributed by atoms with Crippen LogP contribution in [0.3, 0.4) is 0 Å². The van der Waals surface area contributed by atoms with Gasteiger partial charge in [-0.25, -0.2) is 14.4 Å². The summed E-state index contributed by atoms with van der Waals surface area (Å²) in [5.41, 5.74) is 0.336. The summed E-state index contributed by atoms with van der Waals surface area (Å²) in [4.78, 5) is 7.60. The van der Waals surface area contributed by atoms with Crippen LogP contribution in [0.25, 0.3) is 0 Å². The van der Waals surface area contributed by atoms with Gasteiger partial charge in [-0.3, -0.25) is 0 Å². The van der Waals surface area contributed by atoms with Gasteiger partial charge in [-0.05, 0) is 13.3 Å². The van der Waals surface area contributed by atoms with Gasteiger partial charge in [0.15, 0.2) is 11.6 Å². The third-order valence-corrected chi connectivity index (χ3v) is 2.16. The van der Waals surface area contributed by atoms with Crippen LogP contribution in [0, 0.1) is 25.1 Å². The molecule has 0 aliphatic carbocycles. The van der Waals surface area contributed by atoms with E-state index in [-0.39, 0.29) is 11.9 Å². The zero-order valence-electron chi connectivity index (χ0n) is 8.92. The van der Waals surface area contributed by atoms with E-state index >= 15 is 0 Å². The summed E-state index contributed by atoms with van der Waals surface area (Å²) in [6, 6.07) is 0.0544. The lowest BCUT2D eigenvalue weighted by Gasteiger charge is -2.15. The highest BCUT2D eigenvalue weighted by atomic mass is 19.1. The zero-order valence-corrected chi connectivity index (χ0v) is 8.92. The molecule has 0 amide bonds. The first-order chi connectivity index (χ1) is 7.19. The highest BCUT2D eigenvalue weighted by Gasteiger charge is 2.11. The lowest BCUT2D eigenvalue weighted by molar-refractivity contribution is 0.596. The topological polar surface area (TPSA) is 37.8 Å². The Bertz CT molecular complexity index is 371. The van der Waals surface area contributed by atoms with Gasteiger partial charge in [0.05, 0.1) is 5.69 Å². The molecule has 0 radical (unpaired) electrons. The van der Waals surface area contributed by atoms with Crippen LogP contribution in [-0.2, 0) is 0 Å². The van der Waals surface area contributed by atoms with E-state index in [0.29, 0.717) is 12.1 Å². The zero-order chi connectivity index (χ0) is 11.3. The van der Waals surface area contributed by atoms with E-state index < -0.39 is 5.82 Å². The monoisotopic (exact) mass is 207 g/mol. The maximum Gasteiger partial charge on any atom is 0.186 e. The Hall–Kier alpha value is -1.63. The molecule has 0 saturated carbocycles. The Labute approximate surface area is 89.1 Å². The molecule has 3 nitrogen and oxygen atoms in total. The molecule has 1 aromatic heterocycles. The smallest absolute Gasteiger partial charge is 0.186 e. The molecular weight excluding hydrogens is 193 g/mol. The van der Waals surface area contributed by atoms with Crippen LogP contribution in [0.4, 0.5) is 10.2 Å². The first kappa shape index (κ1) is 11.4. The summed E-state index contributed by atoms with van der Waals surface area (Å²) < 4.78 is 13.5. The Balaban J connectivity index is 2.80. The Morgan fingerprint density at radius 2 is 2.33 bits per heavy atom. The van der Waals surface area contributed by atoms with Crippen molar-refractivity contribution in [2.45, 2.75) is 32.7 Å². The number of aromatic nitrogens is 2. The first-order valence-corrected chi connectivity index (χ1v) is 4.86. The summed E-state index contributed by atoms with van der Waals surface area (Å²) in [6.07, 6.45) is 7.93. The first-order valence-electron chi connectivity index (χ1n) is 4.86. The summed E-state index contributed by atoms with van der Waals surface area (Å²) >= 11 is 0. The van der Waals surface area contributed by atoms with Crippen molar-refractivity contribution in [1.29, 1.82) is 0 Å². The van der Waals surface area contributed by atoms with Gasteiger partial charge in [0.2, 0.25) is 0 Å². The molecule has 0 spiro atoms. The molecule has 0 bridgehead atoms. The normalized spacial score (nSPS) is 11.9. The highest BCUT2D eigenvalue weighted by molar-refractivity contribution is 5.38. The molecule has 1 N–H and O–H groups in total. The number of halogens is 1. The van der Waals surface area contributed by atoms with Crippen molar-refractivity contribution in [1.82, 2.24) is 9.97 Å². The summed E-state index contributed by atoms with van der Waals surface area (Å²) in [5.74, 6) is 2.36. The van der Waals surface area contributed by atoms with Crippen molar-refractivity contribution >= 4 is 5.82 Å². The predicted molar refractivity (Wildman–Crippen MR) is 57.9 cm³/mol. The standard InChI is InChI=1S/C11H14FN3/c1-4-6-9(5-2)15-11-10(12)8(3)13-7-14-11/h1,7,9H,5-6H2,2-3H3,(H,13,14,15). The van der Waals surface area contributed by atoms with Crippen LogP contribution < -0.4 is 5.32 Å². The van der Waals surface area contributed by atoms with Crippen LogP contribution in [0.1, 0.15) is 25.5 Å². The minimum Gasteiger partial charge on any atom is -0.364 e. The molecule has 15 heavy (non-hydrogen) atoms. The fourth-order valence-corrected chi connectivity index (χ4v) is 1.19. The molecule has 1 unspecified atom stereocenters. The minimum absolute atomic E-state index is 0.0544. The van der Waals surface area contributed by atoms with Crippen LogP contribution in [0.5, 0.6) is 0 Å². The van der Waals surface area contributed by atoms with E-state index in [0.717, 1.165) is 6.42 Å². The van der Waals surface area contributed by atoms with Gasteiger partial charge in [-0.1, -0.05) is 6.92 Å². The maximum absolute atomic E-state index is 13.5. The Kier molecular flexibility index (Phi) is 4.04. The molecule has 0 saturated heterocycles. The molecule has 1 aromatic rings. The minimum atomic E-state index is -0.409. The molecular formula is C11H14FN3. The maximum atomic E-state index is 13.5. The number of rotatable bonds is 4. The lowest BCUT2D eigenvalue weighted by atomic mass is 10.1. The van der Waals surface area contributed by atoms with E-state index in [1.807, 2.05) is 6.92 Å². The number of anilines is 1. The second-order valence-corrected chi connectivity index (χ2v) is 3.28. The molecule has 80 valence electrons. The Morgan fingerprint density at radius 1 is 1.60 bits per heavy atom. The van der Waals surface area contributed by atoms with E-state index in [1.54, 1.807) is 6.92 Å². The molecule has 0 aliphatic rings. The van der Waals surface area contributed by atoms with Crippen LogP contribution >= 0.6 is 0 Å². The quantitative estimate of drug-likeness (QED) is 0.769. The van der Waals surface area contributed by atoms with Crippen molar-refractivity contribution in [2.75, 3.05) is 5.32 Å². The van der Waals surface area contributed by atoms with Gasteiger partial charge in [0, 0.05) is 12.5 Å². The summed E-state index contributed by atoms with van der Waals surface area (Å²) in [5, 5.41) is 2.97. The van der Waals surface area contributed by atoms with Gasteiger partial charge in [-0.15, -0.1) is 12.3 Å². The number of nitrogens with zero attached hydrogens (tertiary/aromatic N) is 2. The van der Waals surface area contributed by atoms with Crippen molar-refractivity contribution in [2.24, 2.45) is 0 Å². The van der Waals surface area contributed by atoms with E-state index in [4.69, 9.17) is 6.42 Å². The largest absolute Gasteiger partial charge is 0.364 e. The molecule has 0 aromatic carbocycles. The van der Waals surface area contributed by atoms with Gasteiger partial charge in [-0.2, -0.15) is 0 Å². The highest BCUT2D eigenvalue weighted by Crippen LogP contribution is 2.14. The van der Waals surface area contributed by atoms with E-state index in [2.05, 4.69) is 21.2 Å². The molecule has 4 heteroatoms. The molecule has 0 aliphatic heterocycles. The fraction of sp³-hybridized carbons (Fsp3) is 0.455. The average Bonchev–Trinajstić information content (AvgIpc) is 2.24. The number of hydrogen-bond donors (Lipinski definition) is 1. The Morgan fingerprint density at radius 3 is 2.93 bits per heavy atom. The summed E-state index contributed by atoms with van der Waals surface area (Å²) in [7, 11) is 0. The number of nitrogens with one attached hydrogen (secondary N) is 1. The third-order valence-electron chi connectivity index (χ3n) is 2.16. The third kappa shape index (κ3) is 2.91. The molecule has 1 rings (SSSR count). The van der Waals surface area contributed by atoms with Gasteiger partial charge in [0.25, 0.3) is 0 Å². The van der Waals surface area contributed by atoms with Crippen LogP contribution in [0.15, 0.2) is 6.33 Å². The van der Waals surface area contributed by atoms with E-state index in [1.165, 1.54) is 6.33 Å². The lowest BCUT2D eigenvalue weighted by Crippen LogP contribution is -2.19. The number of hydrogen-bond acceptors (Lipinski definition) is 3. The average molecular weight is 207 g/mol. The summed E-state index contributed by atoms with van der Waals surface area (Å²) in [6.45, 7) is 3.59. The van der Waals surface area contributed by atoms with Crippen molar-refractivity contribution < 1.29 is 4.39 Å². The molecule has 1 heterocycles. The van der Waals surface area contributed by atoms with Gasteiger partial charge in [0.1, 0.15) is 6.33 Å². The SMILES string of the molecule is C#CCC(CC)Nc1ncnc(C)c1F. The number of terminal acetylenes is 1. The van der Waals surface area contributed by atoms with Crippen molar-refractivity contribution in [3.63, 3.8) is 0 Å². The van der Waals surface area contributed by atoms with Crippen LogP contribution in [0.2, 0.25) is 0 Å².